The minimum absolute atomic E-state index is 0.359. The number of hydrogen-bond acceptors (Lipinski definition) is 4. The number of carbonyl (C=O) groups excluding carboxylic acids is 1. The molecule has 4 heteroatoms. The van der Waals surface area contributed by atoms with Crippen molar-refractivity contribution in [1.82, 2.24) is 0 Å². The molecule has 3 rings (SSSR count). The van der Waals surface area contributed by atoms with Crippen molar-refractivity contribution in [2.45, 2.75) is 19.1 Å². The minimum atomic E-state index is -0.727. The fraction of sp³-hybridized carbons (Fsp3) is 0.190. The summed E-state index contributed by atoms with van der Waals surface area (Å²) >= 11 is 0. The molecule has 0 heterocycles. The average Bonchev–Trinajstić information content (AvgIpc) is 2.67. The SMILES string of the molecule is COC(=O)C(N)Cc1c(OCc2ccccc2)ccc2ccccc12. The van der Waals surface area contributed by atoms with Crippen molar-refractivity contribution >= 4 is 16.7 Å². The number of methoxy groups -OCH3 is 1. The van der Waals surface area contributed by atoms with Crippen LogP contribution in [0.1, 0.15) is 11.1 Å². The molecule has 0 bridgehead atoms. The molecule has 0 saturated carbocycles. The van der Waals surface area contributed by atoms with Gasteiger partial charge in [-0.2, -0.15) is 0 Å². The van der Waals surface area contributed by atoms with Crippen LogP contribution in [0, 0.1) is 0 Å². The van der Waals surface area contributed by atoms with Crippen molar-refractivity contribution < 1.29 is 14.3 Å². The zero-order valence-electron chi connectivity index (χ0n) is 14.1. The molecule has 0 aliphatic rings. The van der Waals surface area contributed by atoms with Gasteiger partial charge in [0.25, 0.3) is 0 Å². The Labute approximate surface area is 147 Å². The maximum Gasteiger partial charge on any atom is 0.322 e. The number of esters is 1. The summed E-state index contributed by atoms with van der Waals surface area (Å²) in [5.74, 6) is 0.309. The van der Waals surface area contributed by atoms with Gasteiger partial charge in [0.2, 0.25) is 0 Å². The summed E-state index contributed by atoms with van der Waals surface area (Å²) in [5.41, 5.74) is 8.00. The highest BCUT2D eigenvalue weighted by Gasteiger charge is 2.19. The lowest BCUT2D eigenvalue weighted by molar-refractivity contribution is -0.142. The predicted octanol–water partition coefficient (Wildman–Crippen LogP) is 3.46. The monoisotopic (exact) mass is 335 g/mol. The number of rotatable bonds is 6. The molecule has 25 heavy (non-hydrogen) atoms. The molecule has 0 aliphatic heterocycles. The van der Waals surface area contributed by atoms with Gasteiger partial charge in [-0.25, -0.2) is 0 Å². The van der Waals surface area contributed by atoms with Crippen LogP contribution in [0.5, 0.6) is 5.75 Å². The standard InChI is InChI=1S/C21H21NO3/c1-24-21(23)19(22)13-18-17-10-6-5-9-16(17)11-12-20(18)25-14-15-7-3-2-4-8-15/h2-12,19H,13-14,22H2,1H3. The van der Waals surface area contributed by atoms with Crippen molar-refractivity contribution in [1.29, 1.82) is 0 Å². The molecule has 1 unspecified atom stereocenters. The van der Waals surface area contributed by atoms with Crippen LogP contribution >= 0.6 is 0 Å². The Hall–Kier alpha value is -2.85. The van der Waals surface area contributed by atoms with Crippen LogP contribution in [0.15, 0.2) is 66.7 Å². The molecule has 128 valence electrons. The average molecular weight is 335 g/mol. The van der Waals surface area contributed by atoms with Gasteiger partial charge < -0.3 is 15.2 Å². The fourth-order valence-electron chi connectivity index (χ4n) is 2.85. The number of carbonyl (C=O) groups is 1. The first-order chi connectivity index (χ1) is 12.2. The highest BCUT2D eigenvalue weighted by atomic mass is 16.5. The Morgan fingerprint density at radius 2 is 1.72 bits per heavy atom. The van der Waals surface area contributed by atoms with Gasteiger partial charge in [-0.05, 0) is 22.4 Å². The number of nitrogens with two attached hydrogens (primary N) is 1. The Morgan fingerprint density at radius 1 is 1.00 bits per heavy atom. The van der Waals surface area contributed by atoms with Crippen LogP contribution in [0.2, 0.25) is 0 Å². The summed E-state index contributed by atoms with van der Waals surface area (Å²) in [6.07, 6.45) is 0.359. The molecular formula is C21H21NO3. The lowest BCUT2D eigenvalue weighted by Crippen LogP contribution is -2.33. The van der Waals surface area contributed by atoms with Gasteiger partial charge >= 0.3 is 5.97 Å². The van der Waals surface area contributed by atoms with Crippen LogP contribution in [0.25, 0.3) is 10.8 Å². The molecule has 0 amide bonds. The normalized spacial score (nSPS) is 11.9. The van der Waals surface area contributed by atoms with Gasteiger partial charge in [0.1, 0.15) is 18.4 Å². The highest BCUT2D eigenvalue weighted by Crippen LogP contribution is 2.30. The predicted molar refractivity (Wildman–Crippen MR) is 98.4 cm³/mol. The third-order valence-corrected chi connectivity index (χ3v) is 4.16. The second kappa shape index (κ2) is 7.81. The van der Waals surface area contributed by atoms with Crippen LogP contribution in [0.3, 0.4) is 0 Å². The van der Waals surface area contributed by atoms with Crippen molar-refractivity contribution in [3.8, 4) is 5.75 Å². The fourth-order valence-corrected chi connectivity index (χ4v) is 2.85. The lowest BCUT2D eigenvalue weighted by atomic mass is 9.98. The van der Waals surface area contributed by atoms with E-state index < -0.39 is 12.0 Å². The van der Waals surface area contributed by atoms with Crippen molar-refractivity contribution in [2.24, 2.45) is 5.73 Å². The first kappa shape index (κ1) is 17.0. The number of ether oxygens (including phenoxy) is 2. The van der Waals surface area contributed by atoms with Crippen LogP contribution < -0.4 is 10.5 Å². The van der Waals surface area contributed by atoms with Crippen molar-refractivity contribution in [3.05, 3.63) is 77.9 Å². The molecule has 3 aromatic rings. The van der Waals surface area contributed by atoms with Crippen molar-refractivity contribution in [3.63, 3.8) is 0 Å². The van der Waals surface area contributed by atoms with Gasteiger partial charge in [-0.1, -0.05) is 60.7 Å². The molecule has 4 nitrogen and oxygen atoms in total. The van der Waals surface area contributed by atoms with Gasteiger partial charge in [0.15, 0.2) is 0 Å². The summed E-state index contributed by atoms with van der Waals surface area (Å²) in [6.45, 7) is 0.458. The maximum absolute atomic E-state index is 11.8. The van der Waals surface area contributed by atoms with Gasteiger partial charge in [-0.3, -0.25) is 4.79 Å². The smallest absolute Gasteiger partial charge is 0.322 e. The molecule has 0 fully saturated rings. The summed E-state index contributed by atoms with van der Waals surface area (Å²) in [6, 6.07) is 21.2. The lowest BCUT2D eigenvalue weighted by Gasteiger charge is -2.17. The topological polar surface area (TPSA) is 61.5 Å². The van der Waals surface area contributed by atoms with E-state index in [0.29, 0.717) is 13.0 Å². The maximum atomic E-state index is 11.8. The largest absolute Gasteiger partial charge is 0.489 e. The summed E-state index contributed by atoms with van der Waals surface area (Å²) < 4.78 is 10.8. The van der Waals surface area contributed by atoms with E-state index in [1.165, 1.54) is 7.11 Å². The quantitative estimate of drug-likeness (QED) is 0.701. The number of benzene rings is 3. The van der Waals surface area contributed by atoms with E-state index >= 15 is 0 Å². The van der Waals surface area contributed by atoms with Gasteiger partial charge in [0.05, 0.1) is 7.11 Å². The molecule has 3 aromatic carbocycles. The minimum Gasteiger partial charge on any atom is -0.489 e. The second-order valence-electron chi connectivity index (χ2n) is 5.87. The zero-order chi connectivity index (χ0) is 17.6. The molecule has 0 saturated heterocycles. The highest BCUT2D eigenvalue weighted by molar-refractivity contribution is 5.88. The Kier molecular flexibility index (Phi) is 5.31. The molecule has 0 aromatic heterocycles. The molecule has 1 atom stereocenters. The first-order valence-electron chi connectivity index (χ1n) is 8.20. The third kappa shape index (κ3) is 3.98. The summed E-state index contributed by atoms with van der Waals surface area (Å²) in [5, 5.41) is 2.12. The molecule has 0 spiro atoms. The van der Waals surface area contributed by atoms with E-state index in [-0.39, 0.29) is 0 Å². The van der Waals surface area contributed by atoms with E-state index in [2.05, 4.69) is 0 Å². The Balaban J connectivity index is 1.93. The molecule has 2 N–H and O–H groups in total. The number of hydrogen-bond donors (Lipinski definition) is 1. The van der Waals surface area contributed by atoms with Crippen molar-refractivity contribution in [2.75, 3.05) is 7.11 Å². The number of fused-ring (bicyclic) bond motifs is 1. The first-order valence-corrected chi connectivity index (χ1v) is 8.20. The zero-order valence-corrected chi connectivity index (χ0v) is 14.1. The Morgan fingerprint density at radius 3 is 2.48 bits per heavy atom. The third-order valence-electron chi connectivity index (χ3n) is 4.16. The molecule has 0 radical (unpaired) electrons. The summed E-state index contributed by atoms with van der Waals surface area (Å²) in [4.78, 5) is 11.8. The molecular weight excluding hydrogens is 314 g/mol. The summed E-state index contributed by atoms with van der Waals surface area (Å²) in [7, 11) is 1.35. The van der Waals surface area contributed by atoms with Gasteiger partial charge in [-0.15, -0.1) is 0 Å². The van der Waals surface area contributed by atoms with Crippen LogP contribution in [-0.4, -0.2) is 19.1 Å². The second-order valence-corrected chi connectivity index (χ2v) is 5.87. The Bertz CT molecular complexity index is 861. The van der Waals surface area contributed by atoms with E-state index in [0.717, 1.165) is 27.6 Å². The van der Waals surface area contributed by atoms with E-state index in [1.54, 1.807) is 0 Å². The van der Waals surface area contributed by atoms with Gasteiger partial charge in [0, 0.05) is 12.0 Å². The van der Waals surface area contributed by atoms with Crippen LogP contribution in [0.4, 0.5) is 0 Å². The van der Waals surface area contributed by atoms with E-state index in [4.69, 9.17) is 15.2 Å². The van der Waals surface area contributed by atoms with E-state index in [9.17, 15) is 4.79 Å². The molecule has 0 aliphatic carbocycles. The van der Waals surface area contributed by atoms with E-state index in [1.807, 2.05) is 66.7 Å². The van der Waals surface area contributed by atoms with Crippen LogP contribution in [-0.2, 0) is 22.6 Å².